The third-order valence-corrected chi connectivity index (χ3v) is 2.59. The number of pyridine rings is 1. The Bertz CT molecular complexity index is 520. The van der Waals surface area contributed by atoms with Crippen molar-refractivity contribution >= 4 is 5.97 Å². The van der Waals surface area contributed by atoms with E-state index in [1.54, 1.807) is 13.8 Å². The summed E-state index contributed by atoms with van der Waals surface area (Å²) in [5.74, 6) is -1.24. The van der Waals surface area contributed by atoms with Crippen LogP contribution in [-0.2, 0) is 11.0 Å². The van der Waals surface area contributed by atoms with Gasteiger partial charge in [0.15, 0.2) is 0 Å². The molecule has 0 fully saturated rings. The number of alkyl halides is 3. The molecule has 1 heterocycles. The number of aliphatic carboxylic acids is 1. The van der Waals surface area contributed by atoms with Crippen LogP contribution in [0.5, 0.6) is 0 Å². The Morgan fingerprint density at radius 2 is 2.00 bits per heavy atom. The molecule has 0 unspecified atom stereocenters. The predicted octanol–water partition coefficient (Wildman–Crippen LogP) is 2.54. The van der Waals surface area contributed by atoms with Crippen LogP contribution in [0.2, 0.25) is 0 Å². The highest BCUT2D eigenvalue weighted by atomic mass is 19.4. The zero-order valence-corrected chi connectivity index (χ0v) is 10.4. The van der Waals surface area contributed by atoms with Crippen molar-refractivity contribution in [2.75, 3.05) is 0 Å². The van der Waals surface area contributed by atoms with E-state index in [4.69, 9.17) is 5.11 Å². The molecule has 0 saturated heterocycles. The molecule has 0 amide bonds. The van der Waals surface area contributed by atoms with Crippen molar-refractivity contribution in [2.24, 2.45) is 5.92 Å². The summed E-state index contributed by atoms with van der Waals surface area (Å²) in [5.41, 5.74) is -2.05. The first kappa shape index (κ1) is 15.3. The van der Waals surface area contributed by atoms with Crippen LogP contribution < -0.4 is 5.56 Å². The van der Waals surface area contributed by atoms with Gasteiger partial charge in [-0.3, -0.25) is 4.79 Å². The number of carboxylic acid groups (broad SMARTS) is 1. The van der Waals surface area contributed by atoms with Crippen LogP contribution in [-0.4, -0.2) is 15.6 Å². The van der Waals surface area contributed by atoms with Crippen molar-refractivity contribution in [3.05, 3.63) is 34.2 Å². The van der Waals surface area contributed by atoms with Gasteiger partial charge in [0.2, 0.25) is 0 Å². The van der Waals surface area contributed by atoms with E-state index in [2.05, 4.69) is 0 Å². The zero-order chi connectivity index (χ0) is 14.8. The number of carbonyl (C=O) groups is 1. The van der Waals surface area contributed by atoms with Crippen molar-refractivity contribution in [3.8, 4) is 0 Å². The summed E-state index contributed by atoms with van der Waals surface area (Å²) in [7, 11) is 0. The number of hydrogen-bond acceptors (Lipinski definition) is 2. The van der Waals surface area contributed by atoms with Gasteiger partial charge in [-0.25, -0.2) is 4.79 Å². The highest BCUT2D eigenvalue weighted by molar-refractivity contribution is 5.71. The van der Waals surface area contributed by atoms with Gasteiger partial charge >= 0.3 is 12.1 Å². The maximum atomic E-state index is 12.4. The average Bonchev–Trinajstić information content (AvgIpc) is 2.24. The highest BCUT2D eigenvalue weighted by Crippen LogP contribution is 2.28. The van der Waals surface area contributed by atoms with Crippen molar-refractivity contribution in [1.82, 2.24) is 4.57 Å². The van der Waals surface area contributed by atoms with E-state index in [0.29, 0.717) is 12.1 Å². The minimum absolute atomic E-state index is 0.00436. The summed E-state index contributed by atoms with van der Waals surface area (Å²) in [5, 5.41) is 9.05. The Morgan fingerprint density at radius 1 is 1.42 bits per heavy atom. The second-order valence-electron chi connectivity index (χ2n) is 4.64. The molecule has 0 radical (unpaired) electrons. The van der Waals surface area contributed by atoms with E-state index in [9.17, 15) is 22.8 Å². The molecule has 7 heteroatoms. The molecule has 1 rings (SSSR count). The van der Waals surface area contributed by atoms with Gasteiger partial charge in [0.05, 0.1) is 5.56 Å². The third kappa shape index (κ3) is 3.84. The lowest BCUT2D eigenvalue weighted by molar-refractivity contribution is -0.141. The SMILES string of the molecule is CC(C)C[C@@H](C(=O)O)n1ccc(C(F)(F)F)cc1=O. The number of halogens is 3. The van der Waals surface area contributed by atoms with Gasteiger partial charge < -0.3 is 9.67 Å². The van der Waals surface area contributed by atoms with Crippen molar-refractivity contribution < 1.29 is 23.1 Å². The van der Waals surface area contributed by atoms with Gasteiger partial charge in [0.25, 0.3) is 5.56 Å². The van der Waals surface area contributed by atoms with E-state index in [1.807, 2.05) is 0 Å². The van der Waals surface area contributed by atoms with E-state index < -0.39 is 29.3 Å². The Balaban J connectivity index is 3.20. The molecule has 1 atom stereocenters. The van der Waals surface area contributed by atoms with E-state index >= 15 is 0 Å². The summed E-state index contributed by atoms with van der Waals surface area (Å²) >= 11 is 0. The normalized spacial score (nSPS) is 13.6. The summed E-state index contributed by atoms with van der Waals surface area (Å²) in [4.78, 5) is 22.7. The van der Waals surface area contributed by atoms with Crippen molar-refractivity contribution in [1.29, 1.82) is 0 Å². The Hall–Kier alpha value is -1.79. The van der Waals surface area contributed by atoms with Crippen molar-refractivity contribution in [3.63, 3.8) is 0 Å². The molecule has 19 heavy (non-hydrogen) atoms. The minimum Gasteiger partial charge on any atom is -0.480 e. The van der Waals surface area contributed by atoms with Crippen LogP contribution in [0, 0.1) is 5.92 Å². The summed E-state index contributed by atoms with van der Waals surface area (Å²) in [6, 6.07) is -0.0386. The van der Waals surface area contributed by atoms with E-state index in [1.165, 1.54) is 0 Å². The van der Waals surface area contributed by atoms with Gasteiger partial charge in [0, 0.05) is 12.3 Å². The lowest BCUT2D eigenvalue weighted by atomic mass is 10.0. The lowest BCUT2D eigenvalue weighted by Crippen LogP contribution is -2.31. The molecule has 1 aromatic rings. The molecular weight excluding hydrogens is 263 g/mol. The first-order chi connectivity index (χ1) is 8.62. The summed E-state index contributed by atoms with van der Waals surface area (Å²) < 4.78 is 38.0. The van der Waals surface area contributed by atoms with Crippen LogP contribution in [0.4, 0.5) is 13.2 Å². The maximum Gasteiger partial charge on any atom is 0.416 e. The smallest absolute Gasteiger partial charge is 0.416 e. The number of aromatic nitrogens is 1. The topological polar surface area (TPSA) is 59.3 Å². The van der Waals surface area contributed by atoms with E-state index in [0.717, 1.165) is 10.8 Å². The summed E-state index contributed by atoms with van der Waals surface area (Å²) in [6.45, 7) is 3.54. The second kappa shape index (κ2) is 5.46. The molecule has 0 aliphatic carbocycles. The molecule has 106 valence electrons. The summed E-state index contributed by atoms with van der Waals surface area (Å²) in [6.07, 6.45) is -3.57. The van der Waals surface area contributed by atoms with Crippen LogP contribution in [0.3, 0.4) is 0 Å². The maximum absolute atomic E-state index is 12.4. The second-order valence-corrected chi connectivity index (χ2v) is 4.64. The molecule has 0 bridgehead atoms. The molecule has 1 aromatic heterocycles. The quantitative estimate of drug-likeness (QED) is 0.920. The fraction of sp³-hybridized carbons (Fsp3) is 0.500. The third-order valence-electron chi connectivity index (χ3n) is 2.59. The molecule has 0 aliphatic heterocycles. The van der Waals surface area contributed by atoms with Crippen molar-refractivity contribution in [2.45, 2.75) is 32.5 Å². The lowest BCUT2D eigenvalue weighted by Gasteiger charge is -2.18. The molecular formula is C12H14F3NO3. The first-order valence-electron chi connectivity index (χ1n) is 5.65. The predicted molar refractivity (Wildman–Crippen MR) is 61.8 cm³/mol. The standard InChI is InChI=1S/C12H14F3NO3/c1-7(2)5-9(11(18)19)16-4-3-8(6-10(16)17)12(13,14)15/h3-4,6-7,9H,5H2,1-2H3,(H,18,19)/t9-/m0/s1. The molecule has 4 nitrogen and oxygen atoms in total. The number of rotatable bonds is 4. The van der Waals surface area contributed by atoms with Gasteiger partial charge in [-0.05, 0) is 18.4 Å². The highest BCUT2D eigenvalue weighted by Gasteiger charge is 2.32. The minimum atomic E-state index is -4.62. The monoisotopic (exact) mass is 277 g/mol. The molecule has 0 saturated carbocycles. The Kier molecular flexibility index (Phi) is 4.39. The molecule has 0 spiro atoms. The van der Waals surface area contributed by atoms with Gasteiger partial charge in [-0.15, -0.1) is 0 Å². The molecule has 0 aromatic carbocycles. The largest absolute Gasteiger partial charge is 0.480 e. The number of nitrogens with zero attached hydrogens (tertiary/aromatic N) is 1. The van der Waals surface area contributed by atoms with Crippen LogP contribution in [0.25, 0.3) is 0 Å². The molecule has 0 aliphatic rings. The van der Waals surface area contributed by atoms with Gasteiger partial charge in [-0.2, -0.15) is 13.2 Å². The van der Waals surface area contributed by atoms with E-state index in [-0.39, 0.29) is 12.3 Å². The number of hydrogen-bond donors (Lipinski definition) is 1. The number of carboxylic acids is 1. The van der Waals surface area contributed by atoms with Gasteiger partial charge in [0.1, 0.15) is 6.04 Å². The van der Waals surface area contributed by atoms with Crippen LogP contribution in [0.15, 0.2) is 23.1 Å². The fourth-order valence-corrected chi connectivity index (χ4v) is 1.70. The van der Waals surface area contributed by atoms with Gasteiger partial charge in [-0.1, -0.05) is 13.8 Å². The van der Waals surface area contributed by atoms with Crippen LogP contribution in [0.1, 0.15) is 31.9 Å². The Morgan fingerprint density at radius 3 is 2.37 bits per heavy atom. The first-order valence-corrected chi connectivity index (χ1v) is 5.65. The zero-order valence-electron chi connectivity index (χ0n) is 10.4. The fourth-order valence-electron chi connectivity index (χ4n) is 1.70. The average molecular weight is 277 g/mol. The Labute approximate surface area is 107 Å². The molecule has 1 N–H and O–H groups in total. The van der Waals surface area contributed by atoms with Crippen LogP contribution >= 0.6 is 0 Å².